The van der Waals surface area contributed by atoms with E-state index in [2.05, 4.69) is 18.3 Å². The van der Waals surface area contributed by atoms with E-state index < -0.39 is 0 Å². The summed E-state index contributed by atoms with van der Waals surface area (Å²) in [6, 6.07) is 17.2. The fourth-order valence-corrected chi connectivity index (χ4v) is 3.88. The molecule has 1 N–H and O–H groups in total. The van der Waals surface area contributed by atoms with Gasteiger partial charge in [-0.3, -0.25) is 4.79 Å². The van der Waals surface area contributed by atoms with E-state index in [9.17, 15) is 4.79 Å². The molecule has 0 saturated heterocycles. The molecule has 4 aromatic heterocycles. The maximum absolute atomic E-state index is 12.4. The second-order valence-corrected chi connectivity index (χ2v) is 7.81. The first-order chi connectivity index (χ1) is 15.6. The molecule has 5 aromatic rings. The van der Waals surface area contributed by atoms with Crippen molar-refractivity contribution in [1.82, 2.24) is 24.6 Å². The van der Waals surface area contributed by atoms with E-state index in [1.807, 2.05) is 71.0 Å². The number of fused-ring (bicyclic) bond motifs is 1. The number of nitrogens with one attached hydrogen (secondary N) is 1. The number of pyridine rings is 1. The van der Waals surface area contributed by atoms with Crippen LogP contribution in [-0.2, 0) is 13.1 Å². The van der Waals surface area contributed by atoms with Crippen LogP contribution in [0.4, 0.5) is 0 Å². The molecule has 160 valence electrons. The number of rotatable bonds is 6. The van der Waals surface area contributed by atoms with Crippen LogP contribution in [0.1, 0.15) is 32.9 Å². The lowest BCUT2D eigenvalue weighted by molar-refractivity contribution is 0.0948. The van der Waals surface area contributed by atoms with Crippen LogP contribution < -0.4 is 5.32 Å². The summed E-state index contributed by atoms with van der Waals surface area (Å²) in [5, 5.41) is 8.78. The molecule has 0 unspecified atom stereocenters. The van der Waals surface area contributed by atoms with Crippen molar-refractivity contribution in [1.29, 1.82) is 0 Å². The highest BCUT2D eigenvalue weighted by molar-refractivity contribution is 5.94. The van der Waals surface area contributed by atoms with Gasteiger partial charge in [-0.25, -0.2) is 9.67 Å². The molecule has 7 nitrogen and oxygen atoms in total. The van der Waals surface area contributed by atoms with Crippen molar-refractivity contribution in [2.75, 3.05) is 0 Å². The first kappa shape index (κ1) is 19.8. The van der Waals surface area contributed by atoms with Gasteiger partial charge < -0.3 is 14.3 Å². The lowest BCUT2D eigenvalue weighted by Crippen LogP contribution is -2.22. The molecule has 1 amide bonds. The molecule has 0 aliphatic heterocycles. The molecule has 0 fully saturated rings. The van der Waals surface area contributed by atoms with Crippen LogP contribution in [0.3, 0.4) is 0 Å². The Morgan fingerprint density at radius 2 is 1.84 bits per heavy atom. The molecule has 0 radical (unpaired) electrons. The van der Waals surface area contributed by atoms with Gasteiger partial charge in [0.2, 0.25) is 0 Å². The fraction of sp³-hybridized carbons (Fsp3) is 0.160. The minimum Gasteiger partial charge on any atom is -0.467 e. The SMILES string of the molecule is Cc1cc(C)c2c(-n3cccc3)nn(Cc3ccc(C(=O)NCc4ccco4)cc3)c2n1. The molecule has 0 saturated carbocycles. The van der Waals surface area contributed by atoms with Crippen LogP contribution >= 0.6 is 0 Å². The van der Waals surface area contributed by atoms with Crippen LogP contribution in [-0.4, -0.2) is 25.2 Å². The third kappa shape index (κ3) is 3.80. The summed E-state index contributed by atoms with van der Waals surface area (Å²) in [5.74, 6) is 1.45. The maximum Gasteiger partial charge on any atom is 0.251 e. The molecular formula is C25H23N5O2. The Morgan fingerprint density at radius 3 is 2.56 bits per heavy atom. The molecule has 5 rings (SSSR count). The number of hydrogen-bond donors (Lipinski definition) is 1. The zero-order chi connectivity index (χ0) is 22.1. The molecule has 7 heteroatoms. The van der Waals surface area contributed by atoms with Crippen molar-refractivity contribution >= 4 is 16.9 Å². The normalized spacial score (nSPS) is 11.2. The van der Waals surface area contributed by atoms with Gasteiger partial charge in [-0.1, -0.05) is 12.1 Å². The molecule has 0 atom stereocenters. The van der Waals surface area contributed by atoms with Crippen LogP contribution in [0.25, 0.3) is 16.9 Å². The highest BCUT2D eigenvalue weighted by Gasteiger charge is 2.16. The summed E-state index contributed by atoms with van der Waals surface area (Å²) < 4.78 is 9.19. The Labute approximate surface area is 185 Å². The third-order valence-electron chi connectivity index (χ3n) is 5.41. The maximum atomic E-state index is 12.4. The van der Waals surface area contributed by atoms with E-state index in [1.165, 1.54) is 0 Å². The van der Waals surface area contributed by atoms with Gasteiger partial charge in [-0.05, 0) is 67.4 Å². The third-order valence-corrected chi connectivity index (χ3v) is 5.41. The first-order valence-electron chi connectivity index (χ1n) is 10.5. The number of carbonyl (C=O) groups is 1. The van der Waals surface area contributed by atoms with Crippen molar-refractivity contribution in [2.45, 2.75) is 26.9 Å². The number of benzene rings is 1. The van der Waals surface area contributed by atoms with E-state index >= 15 is 0 Å². The molecule has 0 aliphatic rings. The zero-order valence-corrected chi connectivity index (χ0v) is 17.9. The molecule has 1 aromatic carbocycles. The van der Waals surface area contributed by atoms with E-state index in [1.54, 1.807) is 12.3 Å². The summed E-state index contributed by atoms with van der Waals surface area (Å²) in [5.41, 5.74) is 4.59. The summed E-state index contributed by atoms with van der Waals surface area (Å²) in [4.78, 5) is 17.2. The van der Waals surface area contributed by atoms with Crippen molar-refractivity contribution in [3.8, 4) is 5.82 Å². The van der Waals surface area contributed by atoms with E-state index in [4.69, 9.17) is 14.5 Å². The van der Waals surface area contributed by atoms with Crippen LogP contribution in [0.15, 0.2) is 77.7 Å². The summed E-state index contributed by atoms with van der Waals surface area (Å²) in [6.45, 7) is 5.00. The van der Waals surface area contributed by atoms with Crippen molar-refractivity contribution in [3.05, 3.63) is 101 Å². The quantitative estimate of drug-likeness (QED) is 0.437. The first-order valence-corrected chi connectivity index (χ1v) is 10.5. The Balaban J connectivity index is 1.40. The highest BCUT2D eigenvalue weighted by atomic mass is 16.3. The molecule has 0 aliphatic carbocycles. The number of aryl methyl sites for hydroxylation is 2. The number of aromatic nitrogens is 4. The highest BCUT2D eigenvalue weighted by Crippen LogP contribution is 2.25. The number of nitrogens with zero attached hydrogens (tertiary/aromatic N) is 4. The van der Waals surface area contributed by atoms with Crippen LogP contribution in [0.2, 0.25) is 0 Å². The Hall–Kier alpha value is -4.13. The second-order valence-electron chi connectivity index (χ2n) is 7.81. The van der Waals surface area contributed by atoms with E-state index in [-0.39, 0.29) is 5.91 Å². The lowest BCUT2D eigenvalue weighted by Gasteiger charge is -2.07. The molecule has 0 bridgehead atoms. The van der Waals surface area contributed by atoms with Crippen molar-refractivity contribution < 1.29 is 9.21 Å². The summed E-state index contributed by atoms with van der Waals surface area (Å²) >= 11 is 0. The van der Waals surface area contributed by atoms with Gasteiger partial charge in [-0.15, -0.1) is 0 Å². The zero-order valence-electron chi connectivity index (χ0n) is 17.9. The monoisotopic (exact) mass is 425 g/mol. The van der Waals surface area contributed by atoms with Crippen molar-refractivity contribution in [3.63, 3.8) is 0 Å². The number of furan rings is 1. The lowest BCUT2D eigenvalue weighted by atomic mass is 10.1. The number of hydrogen-bond acceptors (Lipinski definition) is 4. The van der Waals surface area contributed by atoms with Crippen LogP contribution in [0, 0.1) is 13.8 Å². The predicted molar refractivity (Wildman–Crippen MR) is 122 cm³/mol. The largest absolute Gasteiger partial charge is 0.467 e. The minimum absolute atomic E-state index is 0.139. The number of amides is 1. The Kier molecular flexibility index (Phi) is 5.07. The predicted octanol–water partition coefficient (Wildman–Crippen LogP) is 4.41. The molecule has 0 spiro atoms. The Bertz CT molecular complexity index is 1360. The Morgan fingerprint density at radius 1 is 1.06 bits per heavy atom. The smallest absolute Gasteiger partial charge is 0.251 e. The van der Waals surface area contributed by atoms with Gasteiger partial charge in [0.1, 0.15) is 5.76 Å². The summed E-state index contributed by atoms with van der Waals surface area (Å²) in [6.07, 6.45) is 5.57. The van der Waals surface area contributed by atoms with E-state index in [0.29, 0.717) is 18.7 Å². The van der Waals surface area contributed by atoms with Gasteiger partial charge in [0.15, 0.2) is 11.5 Å². The minimum atomic E-state index is -0.139. The number of carbonyl (C=O) groups excluding carboxylic acids is 1. The average Bonchev–Trinajstić information content (AvgIpc) is 3.54. The van der Waals surface area contributed by atoms with Gasteiger partial charge in [0.25, 0.3) is 5.91 Å². The van der Waals surface area contributed by atoms with Gasteiger partial charge in [0, 0.05) is 23.7 Å². The second kappa shape index (κ2) is 8.19. The van der Waals surface area contributed by atoms with Gasteiger partial charge in [-0.2, -0.15) is 5.10 Å². The van der Waals surface area contributed by atoms with Gasteiger partial charge >= 0.3 is 0 Å². The molecule has 4 heterocycles. The molecule has 32 heavy (non-hydrogen) atoms. The topological polar surface area (TPSA) is 77.9 Å². The average molecular weight is 425 g/mol. The fourth-order valence-electron chi connectivity index (χ4n) is 3.88. The van der Waals surface area contributed by atoms with Gasteiger partial charge in [0.05, 0.1) is 24.7 Å². The molecular weight excluding hydrogens is 402 g/mol. The van der Waals surface area contributed by atoms with Crippen LogP contribution in [0.5, 0.6) is 0 Å². The van der Waals surface area contributed by atoms with Crippen molar-refractivity contribution in [2.24, 2.45) is 0 Å². The van der Waals surface area contributed by atoms with E-state index in [0.717, 1.165) is 39.4 Å². The standard InChI is InChI=1S/C25H23N5O2/c1-17-14-18(2)27-23-22(17)24(29-11-3-4-12-29)28-30(23)16-19-7-9-20(10-8-19)25(31)26-15-21-6-5-13-32-21/h3-14H,15-16H2,1-2H3,(H,26,31). The summed E-state index contributed by atoms with van der Waals surface area (Å²) in [7, 11) is 0.